The minimum absolute atomic E-state index is 0.157. The molecule has 0 atom stereocenters. The molecule has 0 unspecified atom stereocenters. The number of hydrogen-bond donors (Lipinski definition) is 1. The van der Waals surface area contributed by atoms with Crippen molar-refractivity contribution in [1.82, 2.24) is 0 Å². The normalized spacial score (nSPS) is 21.0. The Labute approximate surface area is 108 Å². The van der Waals surface area contributed by atoms with Crippen LogP contribution in [-0.2, 0) is 5.41 Å². The fraction of sp³-hybridized carbons (Fsp3) is 0.600. The molecule has 18 heavy (non-hydrogen) atoms. The summed E-state index contributed by atoms with van der Waals surface area (Å²) in [5, 5.41) is 0. The molecule has 3 heteroatoms. The van der Waals surface area contributed by atoms with Gasteiger partial charge < -0.3 is 15.2 Å². The van der Waals surface area contributed by atoms with Crippen molar-refractivity contribution in [3.63, 3.8) is 0 Å². The Morgan fingerprint density at radius 3 is 2.67 bits per heavy atom. The fourth-order valence-corrected chi connectivity index (χ4v) is 3.33. The van der Waals surface area contributed by atoms with E-state index < -0.39 is 0 Å². The monoisotopic (exact) mass is 247 g/mol. The molecule has 1 aliphatic heterocycles. The van der Waals surface area contributed by atoms with Gasteiger partial charge >= 0.3 is 0 Å². The van der Waals surface area contributed by atoms with Crippen molar-refractivity contribution in [1.29, 1.82) is 0 Å². The Kier molecular flexibility index (Phi) is 2.94. The average molecular weight is 247 g/mol. The van der Waals surface area contributed by atoms with Gasteiger partial charge in [-0.05, 0) is 37.0 Å². The van der Waals surface area contributed by atoms with Crippen LogP contribution in [0.4, 0.5) is 0 Å². The molecule has 1 fully saturated rings. The second kappa shape index (κ2) is 4.47. The Morgan fingerprint density at radius 1 is 1.17 bits per heavy atom. The van der Waals surface area contributed by atoms with Crippen molar-refractivity contribution in [2.75, 3.05) is 13.3 Å². The predicted octanol–water partition coefficient (Wildman–Crippen LogP) is 2.88. The lowest BCUT2D eigenvalue weighted by molar-refractivity contribution is 0.173. The van der Waals surface area contributed by atoms with Gasteiger partial charge in [0.25, 0.3) is 0 Å². The standard InChI is InChI=1S/C15H21NO2/c1-11-7-12(8-13-14(11)18-10-17-13)15(9-16)5-3-2-4-6-15/h7-8H,2-6,9-10,16H2,1H3. The zero-order chi connectivity index (χ0) is 12.6. The SMILES string of the molecule is Cc1cc(C2(CN)CCCCC2)cc2c1OCO2. The van der Waals surface area contributed by atoms with Crippen LogP contribution >= 0.6 is 0 Å². The van der Waals surface area contributed by atoms with Gasteiger partial charge in [-0.15, -0.1) is 0 Å². The zero-order valence-electron chi connectivity index (χ0n) is 11.0. The summed E-state index contributed by atoms with van der Waals surface area (Å²) in [6.07, 6.45) is 6.30. The lowest BCUT2D eigenvalue weighted by Gasteiger charge is -2.37. The largest absolute Gasteiger partial charge is 0.454 e. The lowest BCUT2D eigenvalue weighted by Crippen LogP contribution is -2.37. The third kappa shape index (κ3) is 1.77. The maximum Gasteiger partial charge on any atom is 0.231 e. The topological polar surface area (TPSA) is 44.5 Å². The summed E-state index contributed by atoms with van der Waals surface area (Å²) in [5.74, 6) is 1.80. The van der Waals surface area contributed by atoms with E-state index in [-0.39, 0.29) is 5.41 Å². The van der Waals surface area contributed by atoms with Crippen LogP contribution in [0, 0.1) is 6.92 Å². The minimum Gasteiger partial charge on any atom is -0.454 e. The molecule has 0 radical (unpaired) electrons. The molecular weight excluding hydrogens is 226 g/mol. The van der Waals surface area contributed by atoms with E-state index in [2.05, 4.69) is 19.1 Å². The number of aryl methyl sites for hydroxylation is 1. The lowest BCUT2D eigenvalue weighted by atomic mass is 9.69. The fourth-order valence-electron chi connectivity index (χ4n) is 3.33. The third-order valence-electron chi connectivity index (χ3n) is 4.47. The summed E-state index contributed by atoms with van der Waals surface area (Å²) in [7, 11) is 0. The van der Waals surface area contributed by atoms with Crippen LogP contribution in [0.1, 0.15) is 43.2 Å². The summed E-state index contributed by atoms with van der Waals surface area (Å²) in [5.41, 5.74) is 8.75. The van der Waals surface area contributed by atoms with Gasteiger partial charge in [0.05, 0.1) is 0 Å². The average Bonchev–Trinajstić information content (AvgIpc) is 2.88. The van der Waals surface area contributed by atoms with E-state index in [1.807, 2.05) is 0 Å². The zero-order valence-corrected chi connectivity index (χ0v) is 11.0. The Morgan fingerprint density at radius 2 is 1.94 bits per heavy atom. The second-order valence-electron chi connectivity index (χ2n) is 5.57. The van der Waals surface area contributed by atoms with Gasteiger partial charge in [0.2, 0.25) is 6.79 Å². The highest BCUT2D eigenvalue weighted by Crippen LogP contribution is 2.44. The van der Waals surface area contributed by atoms with Crippen LogP contribution in [-0.4, -0.2) is 13.3 Å². The second-order valence-corrected chi connectivity index (χ2v) is 5.57. The van der Waals surface area contributed by atoms with Crippen LogP contribution in [0.3, 0.4) is 0 Å². The van der Waals surface area contributed by atoms with E-state index in [0.29, 0.717) is 6.79 Å². The molecule has 3 rings (SSSR count). The molecule has 1 aliphatic carbocycles. The highest BCUT2D eigenvalue weighted by molar-refractivity contribution is 5.52. The first-order chi connectivity index (χ1) is 8.75. The Hall–Kier alpha value is -1.22. The van der Waals surface area contributed by atoms with Crippen molar-refractivity contribution in [2.45, 2.75) is 44.4 Å². The van der Waals surface area contributed by atoms with Gasteiger partial charge in [0, 0.05) is 12.0 Å². The molecule has 0 spiro atoms. The van der Waals surface area contributed by atoms with Crippen LogP contribution < -0.4 is 15.2 Å². The van der Waals surface area contributed by atoms with Crippen molar-refractivity contribution in [3.05, 3.63) is 23.3 Å². The molecule has 0 saturated heterocycles. The van der Waals surface area contributed by atoms with Crippen LogP contribution in [0.5, 0.6) is 11.5 Å². The van der Waals surface area contributed by atoms with Crippen molar-refractivity contribution >= 4 is 0 Å². The number of fused-ring (bicyclic) bond motifs is 1. The number of benzene rings is 1. The number of hydrogen-bond acceptors (Lipinski definition) is 3. The quantitative estimate of drug-likeness (QED) is 0.874. The van der Waals surface area contributed by atoms with Crippen LogP contribution in [0.15, 0.2) is 12.1 Å². The highest BCUT2D eigenvalue weighted by atomic mass is 16.7. The predicted molar refractivity (Wildman–Crippen MR) is 71.1 cm³/mol. The molecule has 1 saturated carbocycles. The van der Waals surface area contributed by atoms with Gasteiger partial charge in [-0.3, -0.25) is 0 Å². The Bertz CT molecular complexity index is 450. The number of nitrogens with two attached hydrogens (primary N) is 1. The molecule has 98 valence electrons. The van der Waals surface area contributed by atoms with E-state index >= 15 is 0 Å². The summed E-state index contributed by atoms with van der Waals surface area (Å²) in [6, 6.07) is 4.39. The van der Waals surface area contributed by atoms with Gasteiger partial charge in [0.15, 0.2) is 11.5 Å². The maximum atomic E-state index is 6.09. The van der Waals surface area contributed by atoms with Crippen molar-refractivity contribution in [2.24, 2.45) is 5.73 Å². The van der Waals surface area contributed by atoms with E-state index in [4.69, 9.17) is 15.2 Å². The molecule has 0 bridgehead atoms. The van der Waals surface area contributed by atoms with Gasteiger partial charge in [-0.1, -0.05) is 25.3 Å². The molecule has 2 N–H and O–H groups in total. The third-order valence-corrected chi connectivity index (χ3v) is 4.47. The van der Waals surface area contributed by atoms with E-state index in [1.54, 1.807) is 0 Å². The minimum atomic E-state index is 0.157. The van der Waals surface area contributed by atoms with Crippen molar-refractivity contribution < 1.29 is 9.47 Å². The maximum absolute atomic E-state index is 6.09. The molecule has 0 aromatic heterocycles. The van der Waals surface area contributed by atoms with Crippen LogP contribution in [0.25, 0.3) is 0 Å². The summed E-state index contributed by atoms with van der Waals surface area (Å²) >= 11 is 0. The molecule has 1 aromatic carbocycles. The molecule has 1 aromatic rings. The summed E-state index contributed by atoms with van der Waals surface area (Å²) in [6.45, 7) is 3.16. The first-order valence-electron chi connectivity index (χ1n) is 6.86. The first-order valence-corrected chi connectivity index (χ1v) is 6.86. The van der Waals surface area contributed by atoms with Crippen LogP contribution in [0.2, 0.25) is 0 Å². The number of rotatable bonds is 2. The molecule has 0 amide bonds. The molecular formula is C15H21NO2. The van der Waals surface area contributed by atoms with E-state index in [1.165, 1.54) is 43.2 Å². The smallest absolute Gasteiger partial charge is 0.231 e. The van der Waals surface area contributed by atoms with Gasteiger partial charge in [-0.2, -0.15) is 0 Å². The number of ether oxygens (including phenoxy) is 2. The van der Waals surface area contributed by atoms with Gasteiger partial charge in [0.1, 0.15) is 0 Å². The van der Waals surface area contributed by atoms with E-state index in [0.717, 1.165) is 18.0 Å². The summed E-state index contributed by atoms with van der Waals surface area (Å²) in [4.78, 5) is 0. The highest BCUT2D eigenvalue weighted by Gasteiger charge is 2.34. The van der Waals surface area contributed by atoms with Gasteiger partial charge in [-0.25, -0.2) is 0 Å². The summed E-state index contributed by atoms with van der Waals surface area (Å²) < 4.78 is 11.0. The Balaban J connectivity index is 2.02. The first kappa shape index (κ1) is 11.8. The van der Waals surface area contributed by atoms with Crippen molar-refractivity contribution in [3.8, 4) is 11.5 Å². The molecule has 3 nitrogen and oxygen atoms in total. The van der Waals surface area contributed by atoms with E-state index in [9.17, 15) is 0 Å². The molecule has 2 aliphatic rings. The molecule has 1 heterocycles.